The SMILES string of the molecule is Cc1cc2nc3ccccn3c2cc1-c1cc(C(C)C)cc[n+]1C.Cc1cc2nc3ccccn3c2cc1-c1cc(CC(C)(C)C)cc[n+]1C.Cc1cc2nc3ccccn3c2cc1-c1cccc[n+]1C.Cc1cc[n+](C)c(-c2cc3c(cc2C)nc2ccccn23)c1.Cc1ccc(-c2cc3c(cc2C)nc2ccccn23)[n+](C)c1. The highest BCUT2D eigenvalue weighted by atomic mass is 15.0. The fourth-order valence-electron chi connectivity index (χ4n) is 16.0. The van der Waals surface area contributed by atoms with E-state index < -0.39 is 0 Å². The molecule has 15 heterocycles. The number of fused-ring (bicyclic) bond motifs is 15. The molecule has 20 rings (SSSR count). The predicted octanol–water partition coefficient (Wildman–Crippen LogP) is 19.8. The number of nitrogens with zero attached hydrogens (tertiary/aromatic N) is 15. The highest BCUT2D eigenvalue weighted by Crippen LogP contribution is 2.35. The molecule has 0 bridgehead atoms. The molecule has 0 saturated carbocycles. The van der Waals surface area contributed by atoms with E-state index in [2.05, 4.69) is 364 Å². The van der Waals surface area contributed by atoms with Crippen LogP contribution >= 0.6 is 0 Å². The van der Waals surface area contributed by atoms with Crippen molar-refractivity contribution in [1.82, 2.24) is 46.9 Å². The molecule has 570 valence electrons. The van der Waals surface area contributed by atoms with Crippen LogP contribution in [-0.2, 0) is 41.7 Å². The highest BCUT2D eigenvalue weighted by Gasteiger charge is 2.24. The lowest BCUT2D eigenvalue weighted by Gasteiger charge is -2.18. The number of imidazole rings is 5. The number of hydrogen-bond donors (Lipinski definition) is 0. The molecule has 0 aliphatic heterocycles. The Morgan fingerprint density at radius 2 is 0.617 bits per heavy atom. The highest BCUT2D eigenvalue weighted by molar-refractivity contribution is 5.91. The molecule has 0 N–H and O–H groups in total. The third-order valence-corrected chi connectivity index (χ3v) is 22.1. The first-order valence-electron chi connectivity index (χ1n) is 39.6. The Balaban J connectivity index is 0.000000108. The number of aromatic nitrogens is 15. The van der Waals surface area contributed by atoms with Gasteiger partial charge in [0.05, 0.1) is 83.0 Å². The van der Waals surface area contributed by atoms with Crippen LogP contribution in [0.2, 0.25) is 0 Å². The summed E-state index contributed by atoms with van der Waals surface area (Å²) in [6.07, 6.45) is 22.1. The molecular weight excluding hydrogens is 1410 g/mol. The fraction of sp³-hybridized carbons (Fsp3) is 0.200. The van der Waals surface area contributed by atoms with E-state index in [9.17, 15) is 0 Å². The molecule has 0 aliphatic rings. The average Bonchev–Trinajstić information content (AvgIpc) is 1.68. The molecule has 0 aliphatic carbocycles. The molecule has 15 nitrogen and oxygen atoms in total. The lowest BCUT2D eigenvalue weighted by atomic mass is 9.88. The standard InChI is InChI=1S/C23H26N3.C21H22N3.2C19H18N3.C18H16N3/c1-16-12-19-21(26-10-7-6-8-22(26)24-19)14-18(16)20-13-17(9-11-25(20)5)15-23(2,3)4;1-14(2)16-8-10-23(4)19(12-16)17-13-20-18(11-15(17)3)22-21-7-5-6-9-24(20)21;1-13-7-8-17(21(3)12-13)15-11-18-16(10-14(15)2)20-19-6-4-5-9-22(18)19;1-13-7-9-21(3)17(10-13)15-12-18-16(11-14(15)2)20-19-6-4-5-8-22(18)19;1-13-11-15-17(21-10-6-4-8-18(21)19-15)12-14(13)16-7-3-5-9-20(16)2/h6-14H,15H2,1-5H3;5-14H,1-4H3;2*4-12H,1-3H3;3-12H,1-2H3/q5*+1. The van der Waals surface area contributed by atoms with Gasteiger partial charge in [-0.2, -0.15) is 0 Å². The van der Waals surface area contributed by atoms with Crippen molar-refractivity contribution in [2.24, 2.45) is 40.7 Å². The minimum absolute atomic E-state index is 0.276. The number of rotatable bonds is 7. The van der Waals surface area contributed by atoms with Gasteiger partial charge in [0.15, 0.2) is 31.0 Å². The summed E-state index contributed by atoms with van der Waals surface area (Å²) in [6, 6.07) is 76.9. The van der Waals surface area contributed by atoms with Crippen LogP contribution < -0.4 is 22.8 Å². The maximum atomic E-state index is 4.76. The van der Waals surface area contributed by atoms with Gasteiger partial charge < -0.3 is 0 Å². The van der Waals surface area contributed by atoms with E-state index in [4.69, 9.17) is 19.9 Å². The van der Waals surface area contributed by atoms with Crippen LogP contribution in [0.15, 0.2) is 280 Å². The zero-order valence-electron chi connectivity index (χ0n) is 69.1. The molecule has 0 radical (unpaired) electrons. The van der Waals surface area contributed by atoms with Crippen LogP contribution in [0.25, 0.3) is 140 Å². The number of aryl methyl sites for hydroxylation is 12. The second kappa shape index (κ2) is 30.9. The van der Waals surface area contributed by atoms with Crippen LogP contribution in [0, 0.1) is 53.9 Å². The predicted molar refractivity (Wildman–Crippen MR) is 467 cm³/mol. The van der Waals surface area contributed by atoms with Gasteiger partial charge in [-0.15, -0.1) is 0 Å². The zero-order valence-corrected chi connectivity index (χ0v) is 69.1. The van der Waals surface area contributed by atoms with Gasteiger partial charge in [-0.25, -0.2) is 47.8 Å². The lowest BCUT2D eigenvalue weighted by molar-refractivity contribution is -0.660. The Labute approximate surface area is 672 Å². The third-order valence-electron chi connectivity index (χ3n) is 22.1. The fourth-order valence-corrected chi connectivity index (χ4v) is 16.0. The summed E-state index contributed by atoms with van der Waals surface area (Å²) in [4.78, 5) is 23.6. The molecule has 0 atom stereocenters. The van der Waals surface area contributed by atoms with Crippen LogP contribution in [0.3, 0.4) is 0 Å². The van der Waals surface area contributed by atoms with E-state index in [1.54, 1.807) is 0 Å². The zero-order chi connectivity index (χ0) is 80.3. The topological polar surface area (TPSA) is 106 Å². The molecule has 0 saturated heterocycles. The van der Waals surface area contributed by atoms with Crippen molar-refractivity contribution in [2.75, 3.05) is 0 Å². The average molecular weight is 1510 g/mol. The summed E-state index contributed by atoms with van der Waals surface area (Å²) in [5, 5.41) is 0. The van der Waals surface area contributed by atoms with Gasteiger partial charge in [0, 0.05) is 91.1 Å². The van der Waals surface area contributed by atoms with E-state index in [0.29, 0.717) is 5.92 Å². The molecule has 5 aromatic carbocycles. The van der Waals surface area contributed by atoms with Gasteiger partial charge >= 0.3 is 0 Å². The van der Waals surface area contributed by atoms with Crippen molar-refractivity contribution < 1.29 is 22.8 Å². The Morgan fingerprint density at radius 3 is 0.974 bits per heavy atom. The molecule has 20 aromatic rings. The normalized spacial score (nSPS) is 11.6. The van der Waals surface area contributed by atoms with Crippen LogP contribution in [0.1, 0.15) is 90.6 Å². The Morgan fingerprint density at radius 1 is 0.296 bits per heavy atom. The molecule has 15 aromatic heterocycles. The van der Waals surface area contributed by atoms with Gasteiger partial charge in [-0.05, 0) is 244 Å². The summed E-state index contributed by atoms with van der Waals surface area (Å²) in [6.45, 7) is 26.4. The van der Waals surface area contributed by atoms with Crippen LogP contribution in [0.5, 0.6) is 0 Å². The molecule has 115 heavy (non-hydrogen) atoms. The van der Waals surface area contributed by atoms with E-state index in [1.165, 1.54) is 106 Å². The van der Waals surface area contributed by atoms with Gasteiger partial charge in [0.2, 0.25) is 28.5 Å². The van der Waals surface area contributed by atoms with Crippen molar-refractivity contribution >= 4 is 83.4 Å². The van der Waals surface area contributed by atoms with E-state index in [-0.39, 0.29) is 5.41 Å². The first-order valence-corrected chi connectivity index (χ1v) is 39.6. The van der Waals surface area contributed by atoms with Gasteiger partial charge in [0.1, 0.15) is 63.5 Å². The first-order chi connectivity index (χ1) is 55.4. The Bertz CT molecular complexity index is 7140. The third kappa shape index (κ3) is 15.2. The quantitative estimate of drug-likeness (QED) is 0.148. The first kappa shape index (κ1) is 75.6. The van der Waals surface area contributed by atoms with E-state index in [0.717, 1.165) is 89.8 Å². The van der Waals surface area contributed by atoms with Crippen LogP contribution in [0.4, 0.5) is 0 Å². The van der Waals surface area contributed by atoms with Crippen molar-refractivity contribution in [3.63, 3.8) is 0 Å². The number of hydrogen-bond acceptors (Lipinski definition) is 5. The summed E-state index contributed by atoms with van der Waals surface area (Å²) in [5.74, 6) is 0.518. The molecule has 0 amide bonds. The van der Waals surface area contributed by atoms with Crippen molar-refractivity contribution in [1.29, 1.82) is 0 Å². The molecule has 0 fully saturated rings. The monoisotopic (exact) mass is 1510 g/mol. The summed E-state index contributed by atoms with van der Waals surface area (Å²) in [7, 11) is 10.5. The lowest BCUT2D eigenvalue weighted by Crippen LogP contribution is -2.31. The number of benzene rings is 5. The largest absolute Gasteiger partial charge is 0.300 e. The number of pyridine rings is 10. The Hall–Kier alpha value is -13.4. The minimum atomic E-state index is 0.276. The van der Waals surface area contributed by atoms with E-state index >= 15 is 0 Å². The van der Waals surface area contributed by atoms with Crippen LogP contribution in [-0.4, -0.2) is 46.9 Å². The summed E-state index contributed by atoms with van der Waals surface area (Å²) in [5.41, 5.74) is 40.1. The molecular formula is C100H100N15+5. The summed E-state index contributed by atoms with van der Waals surface area (Å²) < 4.78 is 21.7. The molecule has 0 spiro atoms. The second-order valence-corrected chi connectivity index (χ2v) is 32.5. The summed E-state index contributed by atoms with van der Waals surface area (Å²) >= 11 is 0. The van der Waals surface area contributed by atoms with E-state index in [1.807, 2.05) is 84.9 Å². The smallest absolute Gasteiger partial charge is 0.212 e. The molecule has 15 heteroatoms. The second-order valence-electron chi connectivity index (χ2n) is 32.5. The van der Waals surface area contributed by atoms with Crippen molar-refractivity contribution in [3.8, 4) is 56.3 Å². The maximum absolute atomic E-state index is 4.76. The van der Waals surface area contributed by atoms with Crippen molar-refractivity contribution in [2.45, 2.75) is 95.4 Å². The Kier molecular flexibility index (Phi) is 20.3. The molecule has 0 unspecified atom stereocenters. The minimum Gasteiger partial charge on any atom is -0.300 e. The van der Waals surface area contributed by atoms with Gasteiger partial charge in [-0.1, -0.05) is 65.0 Å². The van der Waals surface area contributed by atoms with Gasteiger partial charge in [-0.3, -0.25) is 22.0 Å². The van der Waals surface area contributed by atoms with Gasteiger partial charge in [0.25, 0.3) is 0 Å². The van der Waals surface area contributed by atoms with Crippen molar-refractivity contribution in [3.05, 3.63) is 330 Å². The maximum Gasteiger partial charge on any atom is 0.212 e.